The van der Waals surface area contributed by atoms with Gasteiger partial charge in [-0.05, 0) is 73.8 Å². The monoisotopic (exact) mass is 578 g/mol. The van der Waals surface area contributed by atoms with E-state index in [2.05, 4.69) is 10.6 Å². The Balaban J connectivity index is 1.20. The first-order valence-electron chi connectivity index (χ1n) is 13.3. The maximum atomic E-state index is 13.5. The van der Waals surface area contributed by atoms with Crippen LogP contribution in [0, 0.1) is 5.92 Å². The van der Waals surface area contributed by atoms with Crippen molar-refractivity contribution >= 4 is 45.2 Å². The normalized spacial score (nSPS) is 28.0. The molecule has 0 aromatic heterocycles. The number of rotatable bonds is 9. The number of sulfone groups is 1. The molecule has 4 atom stereocenters. The van der Waals surface area contributed by atoms with E-state index in [-0.39, 0.29) is 40.0 Å². The predicted octanol–water partition coefficient (Wildman–Crippen LogP) is 0.224. The van der Waals surface area contributed by atoms with Crippen LogP contribution in [0.15, 0.2) is 29.2 Å². The highest BCUT2D eigenvalue weighted by Gasteiger charge is 2.59. The summed E-state index contributed by atoms with van der Waals surface area (Å²) >= 11 is 1.77. The number of thioether (sulfide) groups is 1. The van der Waals surface area contributed by atoms with Gasteiger partial charge in [-0.15, -0.1) is 0 Å². The fourth-order valence-corrected chi connectivity index (χ4v) is 8.47. The van der Waals surface area contributed by atoms with E-state index >= 15 is 0 Å². The molecule has 4 amide bonds. The van der Waals surface area contributed by atoms with Gasteiger partial charge in [-0.25, -0.2) is 8.42 Å². The van der Waals surface area contributed by atoms with E-state index in [4.69, 9.17) is 10.5 Å². The SMILES string of the molecule is C[C@H]1C[C@@H](C(=O)NC2(C3OC3C(N)=O)CCSCC2)N(C(=O)CNC(=O)c2ccc(S(=O)(=O)C3CC3)cc2)C1. The van der Waals surface area contributed by atoms with Crippen molar-refractivity contribution < 1.29 is 32.3 Å². The molecule has 1 aromatic rings. The third-order valence-electron chi connectivity index (χ3n) is 8.02. The average molecular weight is 579 g/mol. The molecule has 1 aromatic carbocycles. The molecule has 4 aliphatic rings. The fourth-order valence-electron chi connectivity index (χ4n) is 5.59. The summed E-state index contributed by atoms with van der Waals surface area (Å²) in [6.07, 6.45) is 1.90. The highest BCUT2D eigenvalue weighted by Crippen LogP contribution is 2.41. The van der Waals surface area contributed by atoms with E-state index in [0.717, 1.165) is 11.5 Å². The van der Waals surface area contributed by atoms with Gasteiger partial charge in [0.25, 0.3) is 5.91 Å². The van der Waals surface area contributed by atoms with Crippen molar-refractivity contribution in [2.75, 3.05) is 24.6 Å². The summed E-state index contributed by atoms with van der Waals surface area (Å²) in [6.45, 7) is 2.05. The molecule has 0 radical (unpaired) electrons. The maximum Gasteiger partial charge on any atom is 0.251 e. The summed E-state index contributed by atoms with van der Waals surface area (Å²) in [5.74, 6) is -0.00960. The first kappa shape index (κ1) is 27.9. The Morgan fingerprint density at radius 1 is 1.13 bits per heavy atom. The lowest BCUT2D eigenvalue weighted by Gasteiger charge is -2.38. The molecule has 4 fully saturated rings. The van der Waals surface area contributed by atoms with Gasteiger partial charge in [-0.3, -0.25) is 19.2 Å². The molecule has 212 valence electrons. The minimum Gasteiger partial charge on any atom is -0.367 e. The number of amides is 4. The van der Waals surface area contributed by atoms with Gasteiger partial charge in [-0.1, -0.05) is 6.92 Å². The molecule has 0 spiro atoms. The fraction of sp³-hybridized carbons (Fsp3) is 0.615. The number of nitrogens with zero attached hydrogens (tertiary/aromatic N) is 1. The van der Waals surface area contributed by atoms with Gasteiger partial charge in [0.05, 0.1) is 22.2 Å². The van der Waals surface area contributed by atoms with Crippen LogP contribution in [0.5, 0.6) is 0 Å². The Bertz CT molecular complexity index is 1260. The summed E-state index contributed by atoms with van der Waals surface area (Å²) in [6, 6.07) is 5.00. The minimum absolute atomic E-state index is 0.0924. The highest BCUT2D eigenvalue weighted by molar-refractivity contribution is 7.99. The Kier molecular flexibility index (Phi) is 7.68. The maximum absolute atomic E-state index is 13.5. The Labute approximate surface area is 231 Å². The standard InChI is InChI=1S/C26H34N4O7S2/c1-15-12-19(25(34)29-26(8-10-38-11-9-26)22-21(37-22)23(27)32)30(14-15)20(31)13-28-24(33)16-2-4-17(5-3-16)39(35,36)18-6-7-18/h2-5,15,18-19,21-22H,6-14H2,1H3,(H2,27,32)(H,28,33)(H,29,34)/t15-,19-,21?,22?/m0/s1. The van der Waals surface area contributed by atoms with E-state index in [1.807, 2.05) is 6.92 Å². The average Bonchev–Trinajstić information content (AvgIpc) is 3.84. The third-order valence-corrected chi connectivity index (χ3v) is 11.3. The van der Waals surface area contributed by atoms with Crippen LogP contribution < -0.4 is 16.4 Å². The van der Waals surface area contributed by atoms with Crippen LogP contribution in [-0.2, 0) is 29.0 Å². The summed E-state index contributed by atoms with van der Waals surface area (Å²) < 4.78 is 30.3. The Morgan fingerprint density at radius 3 is 2.38 bits per heavy atom. The summed E-state index contributed by atoms with van der Waals surface area (Å²) in [5, 5.41) is 5.39. The van der Waals surface area contributed by atoms with Gasteiger partial charge >= 0.3 is 0 Å². The van der Waals surface area contributed by atoms with E-state index in [0.29, 0.717) is 38.6 Å². The summed E-state index contributed by atoms with van der Waals surface area (Å²) in [5.41, 5.74) is 4.98. The third kappa shape index (κ3) is 5.80. The Morgan fingerprint density at radius 2 is 1.79 bits per heavy atom. The predicted molar refractivity (Wildman–Crippen MR) is 144 cm³/mol. The van der Waals surface area contributed by atoms with Crippen molar-refractivity contribution in [2.24, 2.45) is 11.7 Å². The van der Waals surface area contributed by atoms with Crippen molar-refractivity contribution in [2.45, 2.75) is 73.0 Å². The van der Waals surface area contributed by atoms with Crippen LogP contribution in [0.2, 0.25) is 0 Å². The number of carbonyl (C=O) groups excluding carboxylic acids is 4. The molecule has 2 unspecified atom stereocenters. The van der Waals surface area contributed by atoms with Crippen LogP contribution in [0.25, 0.3) is 0 Å². The van der Waals surface area contributed by atoms with Crippen LogP contribution in [0.3, 0.4) is 0 Å². The van der Waals surface area contributed by atoms with E-state index in [1.165, 1.54) is 29.2 Å². The van der Waals surface area contributed by atoms with Crippen molar-refractivity contribution in [1.29, 1.82) is 0 Å². The second-order valence-electron chi connectivity index (χ2n) is 11.0. The second-order valence-corrected chi connectivity index (χ2v) is 14.4. The number of ether oxygens (including phenoxy) is 1. The Hall–Kier alpha value is -2.64. The van der Waals surface area contributed by atoms with Gasteiger partial charge in [0, 0.05) is 12.1 Å². The molecule has 39 heavy (non-hydrogen) atoms. The molecule has 11 nitrogen and oxygen atoms in total. The molecular weight excluding hydrogens is 544 g/mol. The zero-order chi connectivity index (χ0) is 27.9. The lowest BCUT2D eigenvalue weighted by Crippen LogP contribution is -2.60. The van der Waals surface area contributed by atoms with Crippen molar-refractivity contribution in [3.8, 4) is 0 Å². The molecule has 0 bridgehead atoms. The number of hydrogen-bond acceptors (Lipinski definition) is 8. The first-order chi connectivity index (χ1) is 18.5. The van der Waals surface area contributed by atoms with Crippen LogP contribution in [0.4, 0.5) is 0 Å². The zero-order valence-electron chi connectivity index (χ0n) is 21.8. The summed E-state index contributed by atoms with van der Waals surface area (Å²) in [7, 11) is -3.35. The molecular formula is C26H34N4O7S2. The number of epoxide rings is 1. The summed E-state index contributed by atoms with van der Waals surface area (Å²) in [4.78, 5) is 52.6. The minimum atomic E-state index is -3.35. The smallest absolute Gasteiger partial charge is 0.251 e. The number of nitrogens with one attached hydrogen (secondary N) is 2. The molecule has 13 heteroatoms. The number of likely N-dealkylation sites (tertiary alicyclic amines) is 1. The van der Waals surface area contributed by atoms with Crippen molar-refractivity contribution in [1.82, 2.24) is 15.5 Å². The lowest BCUT2D eigenvalue weighted by atomic mass is 9.86. The van der Waals surface area contributed by atoms with E-state index in [9.17, 15) is 27.6 Å². The number of primary amides is 1. The van der Waals surface area contributed by atoms with Crippen LogP contribution in [-0.4, -0.2) is 90.6 Å². The molecule has 3 aliphatic heterocycles. The topological polar surface area (TPSA) is 168 Å². The molecule has 5 rings (SSSR count). The van der Waals surface area contributed by atoms with Crippen molar-refractivity contribution in [3.63, 3.8) is 0 Å². The van der Waals surface area contributed by atoms with Gasteiger partial charge in [0.2, 0.25) is 17.7 Å². The number of hydrogen-bond donors (Lipinski definition) is 3. The molecule has 1 saturated carbocycles. The molecule has 3 saturated heterocycles. The number of nitrogens with two attached hydrogens (primary N) is 1. The van der Waals surface area contributed by atoms with Gasteiger partial charge in [0.1, 0.15) is 12.1 Å². The van der Waals surface area contributed by atoms with Gasteiger partial charge in [-0.2, -0.15) is 11.8 Å². The highest BCUT2D eigenvalue weighted by atomic mass is 32.2. The quantitative estimate of drug-likeness (QED) is 0.350. The molecule has 4 N–H and O–H groups in total. The number of carbonyl (C=O) groups is 4. The van der Waals surface area contributed by atoms with Crippen LogP contribution >= 0.6 is 11.8 Å². The largest absolute Gasteiger partial charge is 0.367 e. The molecule has 1 aliphatic carbocycles. The van der Waals surface area contributed by atoms with Gasteiger partial charge in [0.15, 0.2) is 15.9 Å². The number of benzene rings is 1. The van der Waals surface area contributed by atoms with E-state index in [1.54, 1.807) is 11.8 Å². The van der Waals surface area contributed by atoms with Gasteiger partial charge < -0.3 is 26.0 Å². The van der Waals surface area contributed by atoms with Crippen LogP contribution in [0.1, 0.15) is 49.4 Å². The van der Waals surface area contributed by atoms with E-state index < -0.39 is 45.4 Å². The lowest BCUT2D eigenvalue weighted by molar-refractivity contribution is -0.138. The molecule has 3 heterocycles. The van der Waals surface area contributed by atoms with Crippen molar-refractivity contribution in [3.05, 3.63) is 29.8 Å². The second kappa shape index (κ2) is 10.7. The first-order valence-corrected chi connectivity index (χ1v) is 16.0. The zero-order valence-corrected chi connectivity index (χ0v) is 23.4.